The molecule has 2 fully saturated rings. The summed E-state index contributed by atoms with van der Waals surface area (Å²) >= 11 is 0. The molecular formula is C12H21N3O2. The van der Waals surface area contributed by atoms with Gasteiger partial charge >= 0.3 is 0 Å². The molecule has 0 bridgehead atoms. The molecule has 0 spiro atoms. The Morgan fingerprint density at radius 3 is 2.41 bits per heavy atom. The molecule has 5 nitrogen and oxygen atoms in total. The molecule has 96 valence electrons. The van der Waals surface area contributed by atoms with Crippen LogP contribution in [0.15, 0.2) is 0 Å². The van der Waals surface area contributed by atoms with Gasteiger partial charge in [0, 0.05) is 38.5 Å². The minimum absolute atomic E-state index is 0.0165. The number of carbonyl (C=O) groups is 2. The topological polar surface area (TPSA) is 66.6 Å². The highest BCUT2D eigenvalue weighted by atomic mass is 16.2. The van der Waals surface area contributed by atoms with Crippen molar-refractivity contribution in [1.82, 2.24) is 9.80 Å². The predicted molar refractivity (Wildman–Crippen MR) is 64.2 cm³/mol. The molecule has 0 aliphatic carbocycles. The predicted octanol–water partition coefficient (Wildman–Crippen LogP) is -0.195. The SMILES string of the molecule is CC1CC(CN)CN1CCN1C(=O)CCC1=O. The molecule has 2 unspecified atom stereocenters. The fourth-order valence-corrected chi connectivity index (χ4v) is 2.80. The molecule has 0 aromatic carbocycles. The summed E-state index contributed by atoms with van der Waals surface area (Å²) in [5.74, 6) is 0.532. The molecule has 2 rings (SSSR count). The van der Waals surface area contributed by atoms with Crippen molar-refractivity contribution in [2.24, 2.45) is 11.7 Å². The van der Waals surface area contributed by atoms with E-state index in [1.54, 1.807) is 0 Å². The zero-order valence-electron chi connectivity index (χ0n) is 10.4. The van der Waals surface area contributed by atoms with Gasteiger partial charge in [-0.2, -0.15) is 0 Å². The van der Waals surface area contributed by atoms with E-state index in [1.807, 2.05) is 0 Å². The van der Waals surface area contributed by atoms with Crippen molar-refractivity contribution in [1.29, 1.82) is 0 Å². The van der Waals surface area contributed by atoms with E-state index in [4.69, 9.17) is 5.73 Å². The maximum absolute atomic E-state index is 11.5. The van der Waals surface area contributed by atoms with Crippen LogP contribution in [0.5, 0.6) is 0 Å². The van der Waals surface area contributed by atoms with Crippen molar-refractivity contribution in [3.63, 3.8) is 0 Å². The van der Waals surface area contributed by atoms with E-state index < -0.39 is 0 Å². The number of amides is 2. The fourth-order valence-electron chi connectivity index (χ4n) is 2.80. The van der Waals surface area contributed by atoms with Crippen molar-refractivity contribution >= 4 is 11.8 Å². The van der Waals surface area contributed by atoms with Crippen LogP contribution in [0, 0.1) is 5.92 Å². The molecule has 0 aromatic rings. The summed E-state index contributed by atoms with van der Waals surface area (Å²) < 4.78 is 0. The quantitative estimate of drug-likeness (QED) is 0.690. The molecule has 0 aromatic heterocycles. The van der Waals surface area contributed by atoms with Gasteiger partial charge in [0.05, 0.1) is 0 Å². The molecule has 17 heavy (non-hydrogen) atoms. The Hall–Kier alpha value is -0.940. The van der Waals surface area contributed by atoms with E-state index in [1.165, 1.54) is 4.90 Å². The molecule has 2 aliphatic rings. The third-order valence-electron chi connectivity index (χ3n) is 3.89. The van der Waals surface area contributed by atoms with Crippen molar-refractivity contribution in [3.8, 4) is 0 Å². The van der Waals surface area contributed by atoms with Gasteiger partial charge in [0.1, 0.15) is 0 Å². The van der Waals surface area contributed by atoms with Crippen molar-refractivity contribution in [2.75, 3.05) is 26.2 Å². The highest BCUT2D eigenvalue weighted by Crippen LogP contribution is 2.22. The second kappa shape index (κ2) is 5.14. The van der Waals surface area contributed by atoms with E-state index in [-0.39, 0.29) is 11.8 Å². The lowest BCUT2D eigenvalue weighted by atomic mass is 10.1. The first-order chi connectivity index (χ1) is 8.11. The lowest BCUT2D eigenvalue weighted by Gasteiger charge is -2.23. The first kappa shape index (κ1) is 12.5. The third-order valence-corrected chi connectivity index (χ3v) is 3.89. The van der Waals surface area contributed by atoms with Gasteiger partial charge < -0.3 is 5.73 Å². The molecule has 2 heterocycles. The monoisotopic (exact) mass is 239 g/mol. The third kappa shape index (κ3) is 2.66. The number of nitrogens with two attached hydrogens (primary N) is 1. The van der Waals surface area contributed by atoms with Crippen molar-refractivity contribution in [2.45, 2.75) is 32.2 Å². The molecule has 2 N–H and O–H groups in total. The maximum atomic E-state index is 11.5. The van der Waals surface area contributed by atoms with Gasteiger partial charge in [-0.05, 0) is 25.8 Å². The normalized spacial score (nSPS) is 30.6. The van der Waals surface area contributed by atoms with Crippen LogP contribution in [-0.2, 0) is 9.59 Å². The Morgan fingerprint density at radius 2 is 1.88 bits per heavy atom. The Balaban J connectivity index is 1.82. The van der Waals surface area contributed by atoms with E-state index >= 15 is 0 Å². The molecule has 2 amide bonds. The van der Waals surface area contributed by atoms with E-state index in [0.29, 0.717) is 31.3 Å². The van der Waals surface area contributed by atoms with Crippen LogP contribution in [0.3, 0.4) is 0 Å². The van der Waals surface area contributed by atoms with E-state index in [2.05, 4.69) is 11.8 Å². The lowest BCUT2D eigenvalue weighted by Crippen LogP contribution is -2.39. The number of hydrogen-bond donors (Lipinski definition) is 1. The first-order valence-electron chi connectivity index (χ1n) is 6.39. The zero-order valence-corrected chi connectivity index (χ0v) is 10.4. The molecule has 5 heteroatoms. The van der Waals surface area contributed by atoms with Crippen LogP contribution in [0.1, 0.15) is 26.2 Å². The highest BCUT2D eigenvalue weighted by molar-refractivity contribution is 6.01. The minimum Gasteiger partial charge on any atom is -0.330 e. The van der Waals surface area contributed by atoms with Gasteiger partial charge in [-0.15, -0.1) is 0 Å². The molecule has 0 radical (unpaired) electrons. The van der Waals surface area contributed by atoms with Crippen LogP contribution in [0.2, 0.25) is 0 Å². The lowest BCUT2D eigenvalue weighted by molar-refractivity contribution is -0.138. The Morgan fingerprint density at radius 1 is 1.24 bits per heavy atom. The Kier molecular flexibility index (Phi) is 3.79. The number of hydrogen-bond acceptors (Lipinski definition) is 4. The summed E-state index contributed by atoms with van der Waals surface area (Å²) in [5, 5.41) is 0. The van der Waals surface area contributed by atoms with Crippen LogP contribution in [0.4, 0.5) is 0 Å². The Labute approximate surface area is 102 Å². The minimum atomic E-state index is -0.0165. The summed E-state index contributed by atoms with van der Waals surface area (Å²) in [6, 6.07) is 0.511. The number of carbonyl (C=O) groups excluding carboxylic acids is 2. The van der Waals surface area contributed by atoms with Crippen LogP contribution in [0.25, 0.3) is 0 Å². The molecule has 0 saturated carbocycles. The first-order valence-corrected chi connectivity index (χ1v) is 6.39. The smallest absolute Gasteiger partial charge is 0.229 e. The van der Waals surface area contributed by atoms with E-state index in [9.17, 15) is 9.59 Å². The van der Waals surface area contributed by atoms with Crippen LogP contribution < -0.4 is 5.73 Å². The van der Waals surface area contributed by atoms with Gasteiger partial charge in [-0.3, -0.25) is 19.4 Å². The van der Waals surface area contributed by atoms with Crippen LogP contribution >= 0.6 is 0 Å². The van der Waals surface area contributed by atoms with E-state index in [0.717, 1.165) is 26.1 Å². The summed E-state index contributed by atoms with van der Waals surface area (Å²) in [6.45, 7) is 5.23. The van der Waals surface area contributed by atoms with Gasteiger partial charge in [-0.1, -0.05) is 0 Å². The van der Waals surface area contributed by atoms with Crippen LogP contribution in [-0.4, -0.2) is 53.8 Å². The van der Waals surface area contributed by atoms with Gasteiger partial charge in [0.2, 0.25) is 11.8 Å². The van der Waals surface area contributed by atoms with Crippen molar-refractivity contribution in [3.05, 3.63) is 0 Å². The molecule has 2 saturated heterocycles. The maximum Gasteiger partial charge on any atom is 0.229 e. The summed E-state index contributed by atoms with van der Waals surface area (Å²) in [7, 11) is 0. The highest BCUT2D eigenvalue weighted by Gasteiger charge is 2.32. The van der Waals surface area contributed by atoms with Gasteiger partial charge in [0.25, 0.3) is 0 Å². The number of likely N-dealkylation sites (tertiary alicyclic amines) is 2. The fraction of sp³-hybridized carbons (Fsp3) is 0.833. The largest absolute Gasteiger partial charge is 0.330 e. The molecule has 2 aliphatic heterocycles. The molecule has 2 atom stereocenters. The average Bonchev–Trinajstić information content (AvgIpc) is 2.81. The number of rotatable bonds is 4. The zero-order chi connectivity index (χ0) is 12.4. The second-order valence-electron chi connectivity index (χ2n) is 5.12. The van der Waals surface area contributed by atoms with Crippen molar-refractivity contribution < 1.29 is 9.59 Å². The van der Waals surface area contributed by atoms with Gasteiger partial charge in [0.15, 0.2) is 0 Å². The molecular weight excluding hydrogens is 218 g/mol. The summed E-state index contributed by atoms with van der Waals surface area (Å²) in [4.78, 5) is 26.7. The Bertz CT molecular complexity index is 303. The summed E-state index contributed by atoms with van der Waals surface area (Å²) in [6.07, 6.45) is 1.90. The second-order valence-corrected chi connectivity index (χ2v) is 5.12. The number of nitrogens with zero attached hydrogens (tertiary/aromatic N) is 2. The average molecular weight is 239 g/mol. The van der Waals surface area contributed by atoms with Gasteiger partial charge in [-0.25, -0.2) is 0 Å². The standard InChI is InChI=1S/C12H21N3O2/c1-9-6-10(7-13)8-14(9)4-5-15-11(16)2-3-12(15)17/h9-10H,2-8,13H2,1H3. The summed E-state index contributed by atoms with van der Waals surface area (Å²) in [5.41, 5.74) is 5.68. The number of imide groups is 1.